The fraction of sp³-hybridized carbons (Fsp3) is 0.278. The van der Waals surface area contributed by atoms with Crippen molar-refractivity contribution >= 4 is 34.1 Å². The molecule has 0 saturated carbocycles. The molecule has 24 heavy (non-hydrogen) atoms. The van der Waals surface area contributed by atoms with Crippen molar-refractivity contribution in [1.29, 1.82) is 0 Å². The standard InChI is InChI=1S/C18H20N4OS/c1-3-16-20-21-18(22(16)4-2)24-12-17(23)19-15-11-7-9-13-8-5-6-10-14(13)15/h5-11H,3-4,12H2,1-2H3,(H,19,23). The first-order chi connectivity index (χ1) is 11.7. The number of carbonyl (C=O) groups excluding carboxylic acids is 1. The van der Waals surface area contributed by atoms with Gasteiger partial charge in [0.2, 0.25) is 5.91 Å². The van der Waals surface area contributed by atoms with Crippen molar-refractivity contribution in [3.8, 4) is 0 Å². The first kappa shape index (κ1) is 16.5. The van der Waals surface area contributed by atoms with Crippen LogP contribution in [0.25, 0.3) is 10.8 Å². The molecule has 5 nitrogen and oxygen atoms in total. The third kappa shape index (κ3) is 3.43. The van der Waals surface area contributed by atoms with Gasteiger partial charge < -0.3 is 9.88 Å². The molecule has 0 spiro atoms. The fourth-order valence-electron chi connectivity index (χ4n) is 2.66. The van der Waals surface area contributed by atoms with Crippen LogP contribution in [0.1, 0.15) is 19.7 Å². The minimum Gasteiger partial charge on any atom is -0.325 e. The van der Waals surface area contributed by atoms with Crippen LogP contribution in [0.5, 0.6) is 0 Å². The number of aromatic nitrogens is 3. The number of fused-ring (bicyclic) bond motifs is 1. The molecule has 0 aliphatic carbocycles. The van der Waals surface area contributed by atoms with E-state index in [0.717, 1.165) is 40.4 Å². The zero-order chi connectivity index (χ0) is 16.9. The highest BCUT2D eigenvalue weighted by Gasteiger charge is 2.12. The average molecular weight is 340 g/mol. The van der Waals surface area contributed by atoms with Gasteiger partial charge in [0.05, 0.1) is 5.75 Å². The predicted molar refractivity (Wildman–Crippen MR) is 98.4 cm³/mol. The van der Waals surface area contributed by atoms with E-state index in [9.17, 15) is 4.79 Å². The number of benzene rings is 2. The molecule has 0 aliphatic heterocycles. The molecule has 124 valence electrons. The second-order valence-electron chi connectivity index (χ2n) is 5.36. The zero-order valence-corrected chi connectivity index (χ0v) is 14.6. The first-order valence-electron chi connectivity index (χ1n) is 8.05. The largest absolute Gasteiger partial charge is 0.325 e. The highest BCUT2D eigenvalue weighted by Crippen LogP contribution is 2.24. The van der Waals surface area contributed by atoms with Crippen LogP contribution in [0.3, 0.4) is 0 Å². The summed E-state index contributed by atoms with van der Waals surface area (Å²) in [5.74, 6) is 1.22. The number of rotatable bonds is 6. The number of hydrogen-bond donors (Lipinski definition) is 1. The van der Waals surface area contributed by atoms with Crippen LogP contribution in [-0.4, -0.2) is 26.4 Å². The molecule has 0 unspecified atom stereocenters. The van der Waals surface area contributed by atoms with Gasteiger partial charge in [-0.1, -0.05) is 55.1 Å². The van der Waals surface area contributed by atoms with Crippen molar-refractivity contribution in [2.75, 3.05) is 11.1 Å². The van der Waals surface area contributed by atoms with E-state index in [4.69, 9.17) is 0 Å². The summed E-state index contributed by atoms with van der Waals surface area (Å²) in [6.45, 7) is 4.92. The molecule has 1 heterocycles. The number of aryl methyl sites for hydroxylation is 1. The Bertz CT molecular complexity index is 854. The van der Waals surface area contributed by atoms with E-state index in [1.54, 1.807) is 0 Å². The van der Waals surface area contributed by atoms with E-state index in [2.05, 4.69) is 33.9 Å². The van der Waals surface area contributed by atoms with Crippen molar-refractivity contribution in [3.63, 3.8) is 0 Å². The van der Waals surface area contributed by atoms with Crippen molar-refractivity contribution in [2.45, 2.75) is 32.0 Å². The smallest absolute Gasteiger partial charge is 0.234 e. The number of nitrogens with one attached hydrogen (secondary N) is 1. The second kappa shape index (κ2) is 7.49. The Balaban J connectivity index is 1.69. The van der Waals surface area contributed by atoms with Crippen molar-refractivity contribution in [1.82, 2.24) is 14.8 Å². The number of thioether (sulfide) groups is 1. The van der Waals surface area contributed by atoms with E-state index in [0.29, 0.717) is 5.75 Å². The van der Waals surface area contributed by atoms with E-state index < -0.39 is 0 Å². The molecular formula is C18H20N4OS. The van der Waals surface area contributed by atoms with Crippen LogP contribution in [0, 0.1) is 0 Å². The van der Waals surface area contributed by atoms with Gasteiger partial charge in [-0.25, -0.2) is 0 Å². The lowest BCUT2D eigenvalue weighted by molar-refractivity contribution is -0.113. The Labute approximate surface area is 145 Å². The molecule has 2 aromatic carbocycles. The fourth-order valence-corrected chi connectivity index (χ4v) is 3.48. The maximum absolute atomic E-state index is 12.3. The minimum absolute atomic E-state index is 0.0416. The molecule has 1 N–H and O–H groups in total. The molecular weight excluding hydrogens is 320 g/mol. The SMILES string of the molecule is CCc1nnc(SCC(=O)Nc2cccc3ccccc23)n1CC. The number of hydrogen-bond acceptors (Lipinski definition) is 4. The molecule has 3 aromatic rings. The molecule has 1 aromatic heterocycles. The van der Waals surface area contributed by atoms with Crippen molar-refractivity contribution in [2.24, 2.45) is 0 Å². The number of nitrogens with zero attached hydrogens (tertiary/aromatic N) is 3. The zero-order valence-electron chi connectivity index (χ0n) is 13.8. The molecule has 0 radical (unpaired) electrons. The van der Waals surface area contributed by atoms with Crippen LogP contribution >= 0.6 is 11.8 Å². The normalized spacial score (nSPS) is 10.9. The summed E-state index contributed by atoms with van der Waals surface area (Å²) in [5.41, 5.74) is 0.838. The third-order valence-electron chi connectivity index (χ3n) is 3.82. The molecule has 0 fully saturated rings. The van der Waals surface area contributed by atoms with Gasteiger partial charge in [-0.2, -0.15) is 0 Å². The van der Waals surface area contributed by atoms with E-state index in [1.165, 1.54) is 11.8 Å². The average Bonchev–Trinajstić information content (AvgIpc) is 3.02. The summed E-state index contributed by atoms with van der Waals surface area (Å²) < 4.78 is 2.05. The maximum Gasteiger partial charge on any atom is 0.234 e. The molecule has 0 bridgehead atoms. The van der Waals surface area contributed by atoms with Crippen LogP contribution in [0.15, 0.2) is 47.6 Å². The number of amides is 1. The summed E-state index contributed by atoms with van der Waals surface area (Å²) in [4.78, 5) is 12.3. The van der Waals surface area contributed by atoms with Gasteiger partial charge in [-0.15, -0.1) is 10.2 Å². The topological polar surface area (TPSA) is 59.8 Å². The summed E-state index contributed by atoms with van der Waals surface area (Å²) in [7, 11) is 0. The summed E-state index contributed by atoms with van der Waals surface area (Å²) in [5, 5.41) is 14.3. The van der Waals surface area contributed by atoms with Gasteiger partial charge in [-0.3, -0.25) is 4.79 Å². The second-order valence-corrected chi connectivity index (χ2v) is 6.30. The van der Waals surface area contributed by atoms with Gasteiger partial charge in [0.25, 0.3) is 0 Å². The van der Waals surface area contributed by atoms with Crippen LogP contribution in [-0.2, 0) is 17.8 Å². The van der Waals surface area contributed by atoms with Crippen molar-refractivity contribution < 1.29 is 4.79 Å². The molecule has 3 rings (SSSR count). The Morgan fingerprint density at radius 2 is 1.92 bits per heavy atom. The Kier molecular flexibility index (Phi) is 5.15. The molecule has 0 atom stereocenters. The van der Waals surface area contributed by atoms with Gasteiger partial charge in [0.15, 0.2) is 5.16 Å². The van der Waals surface area contributed by atoms with Crippen molar-refractivity contribution in [3.05, 3.63) is 48.3 Å². The molecule has 6 heteroatoms. The summed E-state index contributed by atoms with van der Waals surface area (Å²) in [6.07, 6.45) is 0.837. The lowest BCUT2D eigenvalue weighted by Gasteiger charge is -2.09. The van der Waals surface area contributed by atoms with Crippen LogP contribution in [0.2, 0.25) is 0 Å². The van der Waals surface area contributed by atoms with Gasteiger partial charge >= 0.3 is 0 Å². The molecule has 0 saturated heterocycles. The summed E-state index contributed by atoms with van der Waals surface area (Å²) >= 11 is 1.42. The van der Waals surface area contributed by atoms with E-state index in [-0.39, 0.29) is 5.91 Å². The Morgan fingerprint density at radius 3 is 2.71 bits per heavy atom. The number of carbonyl (C=O) groups is 1. The quantitative estimate of drug-likeness (QED) is 0.694. The Hall–Kier alpha value is -2.34. The summed E-state index contributed by atoms with van der Waals surface area (Å²) in [6, 6.07) is 13.9. The first-order valence-corrected chi connectivity index (χ1v) is 9.04. The Morgan fingerprint density at radius 1 is 1.12 bits per heavy atom. The highest BCUT2D eigenvalue weighted by atomic mass is 32.2. The third-order valence-corrected chi connectivity index (χ3v) is 4.79. The number of anilines is 1. The minimum atomic E-state index is -0.0416. The van der Waals surface area contributed by atoms with Gasteiger partial charge in [0, 0.05) is 24.0 Å². The lowest BCUT2D eigenvalue weighted by atomic mass is 10.1. The monoisotopic (exact) mass is 340 g/mol. The van der Waals surface area contributed by atoms with Crippen LogP contribution in [0.4, 0.5) is 5.69 Å². The van der Waals surface area contributed by atoms with E-state index in [1.807, 2.05) is 42.5 Å². The maximum atomic E-state index is 12.3. The van der Waals surface area contributed by atoms with Gasteiger partial charge in [-0.05, 0) is 18.4 Å². The highest BCUT2D eigenvalue weighted by molar-refractivity contribution is 7.99. The predicted octanol–water partition coefficient (Wildman–Crippen LogP) is 3.74. The van der Waals surface area contributed by atoms with Gasteiger partial charge in [0.1, 0.15) is 5.82 Å². The molecule has 1 amide bonds. The van der Waals surface area contributed by atoms with Crippen LogP contribution < -0.4 is 5.32 Å². The lowest BCUT2D eigenvalue weighted by Crippen LogP contribution is -2.15. The molecule has 0 aliphatic rings. The van der Waals surface area contributed by atoms with E-state index >= 15 is 0 Å².